The van der Waals surface area contributed by atoms with Crippen LogP contribution < -0.4 is 0 Å². The van der Waals surface area contributed by atoms with Crippen LogP contribution in [0.1, 0.15) is 72.9 Å². The van der Waals surface area contributed by atoms with Gasteiger partial charge in [0.15, 0.2) is 0 Å². The zero-order valence-electron chi connectivity index (χ0n) is 22.9. The lowest BCUT2D eigenvalue weighted by Gasteiger charge is -2.18. The normalized spacial score (nSPS) is 13.9. The number of rotatable bonds is 7. The van der Waals surface area contributed by atoms with E-state index in [1.165, 1.54) is 12.1 Å². The van der Waals surface area contributed by atoms with Crippen LogP contribution in [-0.2, 0) is 0 Å². The third kappa shape index (κ3) is 5.96. The summed E-state index contributed by atoms with van der Waals surface area (Å²) in [5, 5.41) is 0. The Bertz CT molecular complexity index is 1370. The molecule has 4 heteroatoms. The standard InChI is InChI=1S/C34H34F2N2/c1-21-17-29(35)19-31(23(3)27-13-9-7-10-14-27)33(21)37-25(5)26(6)38-34-22(2)18-30(36)20-32(34)24(4)28-15-11-8-12-16-28/h7-20,23-24H,1-6H3. The molecule has 2 nitrogen and oxygen atoms in total. The fourth-order valence-corrected chi connectivity index (χ4v) is 4.83. The van der Waals surface area contributed by atoms with Crippen LogP contribution in [-0.4, -0.2) is 11.4 Å². The van der Waals surface area contributed by atoms with Crippen LogP contribution in [0.25, 0.3) is 0 Å². The Balaban J connectivity index is 1.78. The Morgan fingerprint density at radius 3 is 1.26 bits per heavy atom. The van der Waals surface area contributed by atoms with Gasteiger partial charge in [-0.15, -0.1) is 0 Å². The monoisotopic (exact) mass is 508 g/mol. The molecule has 0 radical (unpaired) electrons. The molecular weight excluding hydrogens is 474 g/mol. The van der Waals surface area contributed by atoms with Crippen molar-refractivity contribution >= 4 is 22.8 Å². The van der Waals surface area contributed by atoms with Crippen LogP contribution in [0.2, 0.25) is 0 Å². The third-order valence-electron chi connectivity index (χ3n) is 7.20. The van der Waals surface area contributed by atoms with Crippen molar-refractivity contribution in [2.45, 2.75) is 53.4 Å². The van der Waals surface area contributed by atoms with E-state index in [4.69, 9.17) is 9.98 Å². The van der Waals surface area contributed by atoms with Crippen LogP contribution in [0.4, 0.5) is 20.2 Å². The highest BCUT2D eigenvalue weighted by molar-refractivity contribution is 6.41. The molecule has 0 amide bonds. The Kier molecular flexibility index (Phi) is 8.31. The quantitative estimate of drug-likeness (QED) is 0.222. The van der Waals surface area contributed by atoms with Crippen molar-refractivity contribution in [3.63, 3.8) is 0 Å². The maximum absolute atomic E-state index is 14.5. The van der Waals surface area contributed by atoms with E-state index in [2.05, 4.69) is 13.8 Å². The van der Waals surface area contributed by atoms with Crippen LogP contribution >= 0.6 is 0 Å². The van der Waals surface area contributed by atoms with Crippen LogP contribution in [0.15, 0.2) is 94.9 Å². The summed E-state index contributed by atoms with van der Waals surface area (Å²) in [7, 11) is 0. The van der Waals surface area contributed by atoms with Crippen LogP contribution in [0.5, 0.6) is 0 Å². The summed E-state index contributed by atoms with van der Waals surface area (Å²) in [6, 6.07) is 26.3. The second-order valence-corrected chi connectivity index (χ2v) is 9.98. The molecule has 194 valence electrons. The van der Waals surface area contributed by atoms with Gasteiger partial charge in [0.2, 0.25) is 0 Å². The Hall–Kier alpha value is -3.92. The van der Waals surface area contributed by atoms with Gasteiger partial charge in [-0.1, -0.05) is 74.5 Å². The highest BCUT2D eigenvalue weighted by Crippen LogP contribution is 2.37. The van der Waals surface area contributed by atoms with Gasteiger partial charge in [-0.3, -0.25) is 9.98 Å². The van der Waals surface area contributed by atoms with Crippen molar-refractivity contribution in [3.8, 4) is 0 Å². The molecule has 4 aromatic carbocycles. The minimum Gasteiger partial charge on any atom is -0.251 e. The van der Waals surface area contributed by atoms with Crippen molar-refractivity contribution in [1.82, 2.24) is 0 Å². The van der Waals surface area contributed by atoms with Crippen molar-refractivity contribution in [1.29, 1.82) is 0 Å². The van der Waals surface area contributed by atoms with Crippen molar-refractivity contribution < 1.29 is 8.78 Å². The van der Waals surface area contributed by atoms with Gasteiger partial charge in [-0.2, -0.15) is 0 Å². The molecule has 4 rings (SSSR count). The van der Waals surface area contributed by atoms with Gasteiger partial charge in [-0.25, -0.2) is 8.78 Å². The number of hydrogen-bond acceptors (Lipinski definition) is 2. The van der Waals surface area contributed by atoms with Gasteiger partial charge in [-0.05, 0) is 85.3 Å². The molecule has 0 spiro atoms. The molecule has 2 atom stereocenters. The Labute approximate surface area is 224 Å². The predicted octanol–water partition coefficient (Wildman–Crippen LogP) is 9.77. The molecule has 2 unspecified atom stereocenters. The molecule has 0 saturated heterocycles. The highest BCUT2D eigenvalue weighted by Gasteiger charge is 2.19. The molecule has 0 saturated carbocycles. The van der Waals surface area contributed by atoms with E-state index in [1.54, 1.807) is 12.1 Å². The van der Waals surface area contributed by atoms with Gasteiger partial charge in [0.25, 0.3) is 0 Å². The molecule has 0 fully saturated rings. The fourth-order valence-electron chi connectivity index (χ4n) is 4.83. The zero-order chi connectivity index (χ0) is 27.4. The number of halogens is 2. The van der Waals surface area contributed by atoms with E-state index >= 15 is 0 Å². The van der Waals surface area contributed by atoms with Crippen molar-refractivity contribution in [2.75, 3.05) is 0 Å². The summed E-state index contributed by atoms with van der Waals surface area (Å²) in [5.74, 6) is -0.619. The SMILES string of the molecule is CC(=Nc1c(C)cc(F)cc1C(C)c1ccccc1)C(C)=Nc1c(C)cc(F)cc1C(C)c1ccccc1. The van der Waals surface area contributed by atoms with Gasteiger partial charge in [0, 0.05) is 11.8 Å². The van der Waals surface area contributed by atoms with Gasteiger partial charge in [0.1, 0.15) is 11.6 Å². The molecule has 0 bridgehead atoms. The second-order valence-electron chi connectivity index (χ2n) is 9.98. The Morgan fingerprint density at radius 2 is 0.921 bits per heavy atom. The Morgan fingerprint density at radius 1 is 0.579 bits per heavy atom. The average Bonchev–Trinajstić information content (AvgIpc) is 2.91. The van der Waals surface area contributed by atoms with E-state index in [0.29, 0.717) is 0 Å². The minimum absolute atomic E-state index is 0.0351. The predicted molar refractivity (Wildman–Crippen MR) is 156 cm³/mol. The first-order valence-electron chi connectivity index (χ1n) is 13.0. The molecule has 38 heavy (non-hydrogen) atoms. The topological polar surface area (TPSA) is 24.7 Å². The summed E-state index contributed by atoms with van der Waals surface area (Å²) in [4.78, 5) is 9.93. The summed E-state index contributed by atoms with van der Waals surface area (Å²) in [6.07, 6.45) is 0. The van der Waals surface area contributed by atoms with Crippen LogP contribution in [0.3, 0.4) is 0 Å². The molecular formula is C34H34F2N2. The van der Waals surface area contributed by atoms with E-state index < -0.39 is 0 Å². The van der Waals surface area contributed by atoms with Crippen molar-refractivity contribution in [3.05, 3.63) is 130 Å². The van der Waals surface area contributed by atoms with E-state index in [1.807, 2.05) is 88.4 Å². The number of benzene rings is 4. The van der Waals surface area contributed by atoms with Gasteiger partial charge >= 0.3 is 0 Å². The van der Waals surface area contributed by atoms with Gasteiger partial charge in [0.05, 0.1) is 22.8 Å². The first-order valence-corrected chi connectivity index (χ1v) is 13.0. The van der Waals surface area contributed by atoms with Crippen molar-refractivity contribution in [2.24, 2.45) is 9.98 Å². The highest BCUT2D eigenvalue weighted by atomic mass is 19.1. The summed E-state index contributed by atoms with van der Waals surface area (Å²) in [5.41, 5.74) is 8.35. The van der Waals surface area contributed by atoms with E-state index in [-0.39, 0.29) is 23.5 Å². The molecule has 0 aliphatic rings. The molecule has 0 heterocycles. The molecule has 0 aliphatic carbocycles. The van der Waals surface area contributed by atoms with E-state index in [9.17, 15) is 8.78 Å². The zero-order valence-corrected chi connectivity index (χ0v) is 22.9. The molecule has 0 aromatic heterocycles. The lowest BCUT2D eigenvalue weighted by atomic mass is 9.90. The summed E-state index contributed by atoms with van der Waals surface area (Å²) >= 11 is 0. The average molecular weight is 509 g/mol. The molecule has 4 aromatic rings. The number of aryl methyl sites for hydroxylation is 2. The van der Waals surface area contributed by atoms with Crippen LogP contribution in [0, 0.1) is 25.5 Å². The molecule has 0 aliphatic heterocycles. The maximum Gasteiger partial charge on any atom is 0.123 e. The second kappa shape index (κ2) is 11.6. The maximum atomic E-state index is 14.5. The number of nitrogens with zero attached hydrogens (tertiary/aromatic N) is 2. The number of aliphatic imine (C=N–C) groups is 2. The lowest BCUT2D eigenvalue weighted by Crippen LogP contribution is -2.08. The minimum atomic E-state index is -0.274. The first-order chi connectivity index (χ1) is 18.2. The first kappa shape index (κ1) is 27.1. The summed E-state index contributed by atoms with van der Waals surface area (Å²) < 4.78 is 29.0. The molecule has 0 N–H and O–H groups in total. The van der Waals surface area contributed by atoms with Gasteiger partial charge < -0.3 is 0 Å². The fraction of sp³-hybridized carbons (Fsp3) is 0.235. The van der Waals surface area contributed by atoms with E-state index in [0.717, 1.165) is 56.2 Å². The summed E-state index contributed by atoms with van der Waals surface area (Å²) in [6.45, 7) is 11.7. The third-order valence-corrected chi connectivity index (χ3v) is 7.20. The smallest absolute Gasteiger partial charge is 0.123 e. The number of hydrogen-bond donors (Lipinski definition) is 0. The largest absolute Gasteiger partial charge is 0.251 e. The lowest BCUT2D eigenvalue weighted by molar-refractivity contribution is 0.622.